The number of amides is 1. The standard InChI is InChI=1S/C19H17F2N3O/c1-3-10-23-18(12(2)22)19(25)24-17-7-5-4-6-14(17)13-8-9-15(20)16(21)11-13/h3-11H,1,22H2,2H3,(H,24,25)/b18-12+,23-10-. The monoisotopic (exact) mass is 341 g/mol. The number of nitrogens with one attached hydrogen (secondary N) is 1. The first kappa shape index (κ1) is 18.1. The van der Waals surface area contributed by atoms with Crippen LogP contribution < -0.4 is 11.1 Å². The molecule has 0 unspecified atom stereocenters. The number of anilines is 1. The number of carbonyl (C=O) groups is 1. The summed E-state index contributed by atoms with van der Waals surface area (Å²) in [4.78, 5) is 16.4. The van der Waals surface area contributed by atoms with Crippen molar-refractivity contribution in [1.82, 2.24) is 0 Å². The summed E-state index contributed by atoms with van der Waals surface area (Å²) >= 11 is 0. The van der Waals surface area contributed by atoms with Crippen LogP contribution in [0.2, 0.25) is 0 Å². The highest BCUT2D eigenvalue weighted by atomic mass is 19.2. The van der Waals surface area contributed by atoms with Gasteiger partial charge in [-0.25, -0.2) is 13.8 Å². The number of halogens is 2. The van der Waals surface area contributed by atoms with Crippen LogP contribution in [0.25, 0.3) is 11.1 Å². The third-order valence-corrected chi connectivity index (χ3v) is 3.30. The largest absolute Gasteiger partial charge is 0.400 e. The second kappa shape index (κ2) is 8.01. The van der Waals surface area contributed by atoms with E-state index in [2.05, 4.69) is 16.9 Å². The van der Waals surface area contributed by atoms with Gasteiger partial charge < -0.3 is 11.1 Å². The maximum Gasteiger partial charge on any atom is 0.276 e. The molecule has 0 heterocycles. The number of carbonyl (C=O) groups excluding carboxylic acids is 1. The molecule has 2 aromatic rings. The number of hydrogen-bond acceptors (Lipinski definition) is 3. The van der Waals surface area contributed by atoms with Crippen LogP contribution in [-0.4, -0.2) is 12.1 Å². The van der Waals surface area contributed by atoms with Crippen LogP contribution in [0.1, 0.15) is 6.92 Å². The molecule has 0 aliphatic rings. The van der Waals surface area contributed by atoms with E-state index in [-0.39, 0.29) is 11.4 Å². The lowest BCUT2D eigenvalue weighted by Crippen LogP contribution is -2.17. The number of benzene rings is 2. The summed E-state index contributed by atoms with van der Waals surface area (Å²) in [5, 5.41) is 2.69. The minimum absolute atomic E-state index is 0.0417. The molecule has 0 saturated carbocycles. The number of nitrogens with two attached hydrogens (primary N) is 1. The van der Waals surface area contributed by atoms with E-state index in [9.17, 15) is 13.6 Å². The summed E-state index contributed by atoms with van der Waals surface area (Å²) in [6.07, 6.45) is 2.78. The zero-order chi connectivity index (χ0) is 18.4. The fraction of sp³-hybridized carbons (Fsp3) is 0.0526. The summed E-state index contributed by atoms with van der Waals surface area (Å²) in [6.45, 7) is 5.05. The predicted octanol–water partition coefficient (Wildman–Crippen LogP) is 4.02. The highest BCUT2D eigenvalue weighted by Crippen LogP contribution is 2.29. The topological polar surface area (TPSA) is 67.5 Å². The molecular formula is C19H17F2N3O. The summed E-state index contributed by atoms with van der Waals surface area (Å²) in [5.41, 5.74) is 7.37. The van der Waals surface area contributed by atoms with Crippen LogP contribution in [0.15, 0.2) is 71.5 Å². The fourth-order valence-electron chi connectivity index (χ4n) is 2.16. The first-order valence-corrected chi connectivity index (χ1v) is 7.41. The number of rotatable bonds is 5. The lowest BCUT2D eigenvalue weighted by atomic mass is 10.0. The molecule has 25 heavy (non-hydrogen) atoms. The molecule has 0 aliphatic carbocycles. The molecular weight excluding hydrogens is 324 g/mol. The molecule has 4 nitrogen and oxygen atoms in total. The van der Waals surface area contributed by atoms with Crippen molar-refractivity contribution in [2.75, 3.05) is 5.32 Å². The maximum atomic E-state index is 13.5. The SMILES string of the molecule is C=C/C=N\C(C(=O)Nc1ccccc1-c1ccc(F)c(F)c1)=C(/C)N. The molecule has 0 radical (unpaired) electrons. The Morgan fingerprint density at radius 3 is 2.56 bits per heavy atom. The van der Waals surface area contributed by atoms with Gasteiger partial charge >= 0.3 is 0 Å². The van der Waals surface area contributed by atoms with E-state index in [1.807, 2.05) is 0 Å². The molecule has 0 saturated heterocycles. The van der Waals surface area contributed by atoms with Crippen molar-refractivity contribution in [2.24, 2.45) is 10.7 Å². The highest BCUT2D eigenvalue weighted by Gasteiger charge is 2.14. The Morgan fingerprint density at radius 2 is 1.92 bits per heavy atom. The molecule has 2 rings (SSSR count). The molecule has 2 aromatic carbocycles. The van der Waals surface area contributed by atoms with E-state index in [4.69, 9.17) is 5.73 Å². The van der Waals surface area contributed by atoms with E-state index in [1.165, 1.54) is 18.4 Å². The van der Waals surface area contributed by atoms with Gasteiger partial charge in [0.1, 0.15) is 5.70 Å². The van der Waals surface area contributed by atoms with Gasteiger partial charge in [0.05, 0.1) is 0 Å². The third-order valence-electron chi connectivity index (χ3n) is 3.30. The molecule has 0 spiro atoms. The summed E-state index contributed by atoms with van der Waals surface area (Å²) in [6, 6.07) is 10.3. The number of aliphatic imine (C=N–C) groups is 1. The van der Waals surface area contributed by atoms with Gasteiger partial charge in [-0.2, -0.15) is 0 Å². The molecule has 0 aliphatic heterocycles. The fourth-order valence-corrected chi connectivity index (χ4v) is 2.16. The molecule has 0 bridgehead atoms. The molecule has 0 fully saturated rings. The van der Waals surface area contributed by atoms with Gasteiger partial charge in [0.15, 0.2) is 11.6 Å². The first-order chi connectivity index (χ1) is 11.9. The molecule has 0 aromatic heterocycles. The Kier molecular flexibility index (Phi) is 5.79. The van der Waals surface area contributed by atoms with Crippen LogP contribution in [0.4, 0.5) is 14.5 Å². The lowest BCUT2D eigenvalue weighted by molar-refractivity contribution is -0.112. The van der Waals surface area contributed by atoms with Crippen molar-refractivity contribution in [3.05, 3.63) is 78.1 Å². The van der Waals surface area contributed by atoms with Gasteiger partial charge in [-0.05, 0) is 30.7 Å². The molecule has 1 amide bonds. The van der Waals surface area contributed by atoms with Crippen molar-refractivity contribution in [3.8, 4) is 11.1 Å². The zero-order valence-electron chi connectivity index (χ0n) is 13.6. The van der Waals surface area contributed by atoms with Crippen LogP contribution in [-0.2, 0) is 4.79 Å². The minimum atomic E-state index is -0.965. The van der Waals surface area contributed by atoms with Gasteiger partial charge in [-0.3, -0.25) is 4.79 Å². The second-order valence-corrected chi connectivity index (χ2v) is 5.17. The molecule has 6 heteroatoms. The quantitative estimate of drug-likeness (QED) is 0.637. The lowest BCUT2D eigenvalue weighted by Gasteiger charge is -2.12. The van der Waals surface area contributed by atoms with Crippen molar-refractivity contribution >= 4 is 17.8 Å². The summed E-state index contributed by atoms with van der Waals surface area (Å²) in [7, 11) is 0. The normalized spacial score (nSPS) is 12.0. The van der Waals surface area contributed by atoms with Crippen molar-refractivity contribution in [2.45, 2.75) is 6.92 Å². The second-order valence-electron chi connectivity index (χ2n) is 5.17. The molecule has 128 valence electrons. The number of allylic oxidation sites excluding steroid dienone is 2. The van der Waals surface area contributed by atoms with Crippen LogP contribution in [0, 0.1) is 11.6 Å². The maximum absolute atomic E-state index is 13.5. The average molecular weight is 341 g/mol. The first-order valence-electron chi connectivity index (χ1n) is 7.41. The van der Waals surface area contributed by atoms with Crippen LogP contribution in [0.5, 0.6) is 0 Å². The van der Waals surface area contributed by atoms with Gasteiger partial charge in [0.25, 0.3) is 5.91 Å². The minimum Gasteiger partial charge on any atom is -0.400 e. The highest BCUT2D eigenvalue weighted by molar-refractivity contribution is 6.06. The van der Waals surface area contributed by atoms with E-state index in [1.54, 1.807) is 31.2 Å². The zero-order valence-corrected chi connectivity index (χ0v) is 13.6. The number of nitrogens with zero attached hydrogens (tertiary/aromatic N) is 1. The van der Waals surface area contributed by atoms with Gasteiger partial charge in [0.2, 0.25) is 0 Å². The van der Waals surface area contributed by atoms with E-state index in [0.717, 1.165) is 12.1 Å². The summed E-state index contributed by atoms with van der Waals surface area (Å²) in [5.74, 6) is -2.42. The van der Waals surface area contributed by atoms with Gasteiger partial charge in [-0.1, -0.05) is 36.9 Å². The Bertz CT molecular complexity index is 869. The van der Waals surface area contributed by atoms with Gasteiger partial charge in [-0.15, -0.1) is 0 Å². The van der Waals surface area contributed by atoms with Crippen molar-refractivity contribution in [3.63, 3.8) is 0 Å². The van der Waals surface area contributed by atoms with E-state index >= 15 is 0 Å². The predicted molar refractivity (Wildman–Crippen MR) is 96.0 cm³/mol. The number of para-hydroxylation sites is 1. The van der Waals surface area contributed by atoms with Crippen LogP contribution >= 0.6 is 0 Å². The number of hydrogen-bond donors (Lipinski definition) is 2. The Balaban J connectivity index is 2.39. The Morgan fingerprint density at radius 1 is 1.20 bits per heavy atom. The van der Waals surface area contributed by atoms with Crippen molar-refractivity contribution in [1.29, 1.82) is 0 Å². The van der Waals surface area contributed by atoms with Crippen LogP contribution in [0.3, 0.4) is 0 Å². The smallest absolute Gasteiger partial charge is 0.276 e. The van der Waals surface area contributed by atoms with Gasteiger partial charge in [0, 0.05) is 23.2 Å². The third kappa shape index (κ3) is 4.38. The summed E-state index contributed by atoms with van der Waals surface area (Å²) < 4.78 is 26.7. The van der Waals surface area contributed by atoms with E-state index < -0.39 is 17.5 Å². The Hall–Kier alpha value is -3.28. The van der Waals surface area contributed by atoms with Crippen molar-refractivity contribution < 1.29 is 13.6 Å². The molecule has 3 N–H and O–H groups in total. The Labute approximate surface area is 144 Å². The molecule has 0 atom stereocenters. The van der Waals surface area contributed by atoms with E-state index in [0.29, 0.717) is 16.8 Å². The average Bonchev–Trinajstić information content (AvgIpc) is 2.58.